The summed E-state index contributed by atoms with van der Waals surface area (Å²) in [5, 5.41) is 10.7. The molecule has 2 aromatic rings. The van der Waals surface area contributed by atoms with Crippen LogP contribution in [0.3, 0.4) is 0 Å². The highest BCUT2D eigenvalue weighted by molar-refractivity contribution is 5.78. The van der Waals surface area contributed by atoms with Crippen LogP contribution in [0, 0.1) is 10.1 Å². The number of rotatable bonds is 3. The van der Waals surface area contributed by atoms with Gasteiger partial charge in [0.1, 0.15) is 0 Å². The van der Waals surface area contributed by atoms with Crippen molar-refractivity contribution in [1.29, 1.82) is 0 Å². The molecule has 2 rings (SSSR count). The normalized spacial score (nSPS) is 11.2. The maximum absolute atomic E-state index is 10.7. The van der Waals surface area contributed by atoms with Crippen LogP contribution in [0.4, 0.5) is 11.4 Å². The summed E-state index contributed by atoms with van der Waals surface area (Å²) in [6.45, 7) is 10.0. The first-order valence-corrected chi connectivity index (χ1v) is 6.69. The summed E-state index contributed by atoms with van der Waals surface area (Å²) in [5.74, 6) is 0. The molecule has 0 bridgehead atoms. The fourth-order valence-corrected chi connectivity index (χ4v) is 2.13. The van der Waals surface area contributed by atoms with E-state index < -0.39 is 4.92 Å². The van der Waals surface area contributed by atoms with E-state index >= 15 is 0 Å². The van der Waals surface area contributed by atoms with Crippen molar-refractivity contribution in [2.24, 2.45) is 4.99 Å². The van der Waals surface area contributed by atoms with Gasteiger partial charge in [-0.3, -0.25) is 15.1 Å². The molecule has 0 saturated carbocycles. The third kappa shape index (κ3) is 3.16. The second kappa shape index (κ2) is 5.48. The first-order chi connectivity index (χ1) is 9.82. The van der Waals surface area contributed by atoms with Gasteiger partial charge in [0.15, 0.2) is 0 Å². The van der Waals surface area contributed by atoms with E-state index in [1.807, 2.05) is 12.1 Å². The quantitative estimate of drug-likeness (QED) is 0.457. The number of aliphatic imine (C=N–C) groups is 1. The number of hydrogen-bond donors (Lipinski definition) is 0. The molecule has 0 spiro atoms. The van der Waals surface area contributed by atoms with E-state index in [9.17, 15) is 10.1 Å². The molecule has 2 aromatic carbocycles. The highest BCUT2D eigenvalue weighted by atomic mass is 16.6. The second-order valence-electron chi connectivity index (χ2n) is 5.94. The lowest BCUT2D eigenvalue weighted by molar-refractivity contribution is -0.384. The average Bonchev–Trinajstić information content (AvgIpc) is 2.45. The second-order valence-corrected chi connectivity index (χ2v) is 5.94. The zero-order chi connectivity index (χ0) is 15.6. The number of nitro groups is 1. The summed E-state index contributed by atoms with van der Waals surface area (Å²) in [6, 6.07) is 12.6. The molecule has 0 saturated heterocycles. The van der Waals surface area contributed by atoms with Gasteiger partial charge < -0.3 is 0 Å². The van der Waals surface area contributed by atoms with E-state index in [0.29, 0.717) is 0 Å². The van der Waals surface area contributed by atoms with Crippen LogP contribution in [0.2, 0.25) is 0 Å². The summed E-state index contributed by atoms with van der Waals surface area (Å²) < 4.78 is 0. The number of hydrogen-bond acceptors (Lipinski definition) is 3. The SMILES string of the molecule is C=Nc1ccc(C(C)(C)C)cc1-c1ccc([N+](=O)[O-])cc1. The molecule has 0 heterocycles. The molecule has 108 valence electrons. The Morgan fingerprint density at radius 3 is 2.19 bits per heavy atom. The van der Waals surface area contributed by atoms with Crippen LogP contribution in [0.15, 0.2) is 47.5 Å². The van der Waals surface area contributed by atoms with Crippen molar-refractivity contribution in [3.63, 3.8) is 0 Å². The van der Waals surface area contributed by atoms with E-state index in [0.717, 1.165) is 16.8 Å². The van der Waals surface area contributed by atoms with Crippen LogP contribution >= 0.6 is 0 Å². The van der Waals surface area contributed by atoms with Gasteiger partial charge in [0, 0.05) is 17.7 Å². The standard InChI is InChI=1S/C17H18N2O2/c1-17(2,3)13-7-10-16(18-4)15(11-13)12-5-8-14(9-6-12)19(20)21/h5-11H,4H2,1-3H3. The van der Waals surface area contributed by atoms with Gasteiger partial charge in [-0.1, -0.05) is 26.8 Å². The smallest absolute Gasteiger partial charge is 0.264 e. The summed E-state index contributed by atoms with van der Waals surface area (Å²) in [5.41, 5.74) is 3.90. The van der Waals surface area contributed by atoms with Crippen molar-refractivity contribution in [3.8, 4) is 11.1 Å². The lowest BCUT2D eigenvalue weighted by Crippen LogP contribution is -2.10. The maximum atomic E-state index is 10.7. The Morgan fingerprint density at radius 1 is 1.10 bits per heavy atom. The molecule has 0 unspecified atom stereocenters. The molecule has 0 atom stereocenters. The highest BCUT2D eigenvalue weighted by Gasteiger charge is 2.16. The van der Waals surface area contributed by atoms with Gasteiger partial charge >= 0.3 is 0 Å². The zero-order valence-corrected chi connectivity index (χ0v) is 12.5. The Kier molecular flexibility index (Phi) is 3.89. The lowest BCUT2D eigenvalue weighted by Gasteiger charge is -2.20. The Hall–Kier alpha value is -2.49. The molecule has 0 fully saturated rings. The Labute approximate surface area is 124 Å². The summed E-state index contributed by atoms with van der Waals surface area (Å²) in [4.78, 5) is 14.4. The maximum Gasteiger partial charge on any atom is 0.269 e. The fourth-order valence-electron chi connectivity index (χ4n) is 2.13. The summed E-state index contributed by atoms with van der Waals surface area (Å²) >= 11 is 0. The molecule has 4 heteroatoms. The minimum Gasteiger partial charge on any atom is -0.264 e. The third-order valence-electron chi connectivity index (χ3n) is 3.42. The van der Waals surface area contributed by atoms with Crippen molar-refractivity contribution in [2.45, 2.75) is 26.2 Å². The number of non-ortho nitro benzene ring substituents is 1. The number of nitro benzene ring substituents is 1. The zero-order valence-electron chi connectivity index (χ0n) is 12.5. The van der Waals surface area contributed by atoms with E-state index in [-0.39, 0.29) is 11.1 Å². The molecule has 0 aliphatic rings. The fraction of sp³-hybridized carbons (Fsp3) is 0.235. The van der Waals surface area contributed by atoms with Crippen LogP contribution in [0.25, 0.3) is 11.1 Å². The van der Waals surface area contributed by atoms with Gasteiger partial charge in [0.25, 0.3) is 5.69 Å². The Bertz CT molecular complexity index is 683. The highest BCUT2D eigenvalue weighted by Crippen LogP contribution is 2.35. The molecule has 0 aromatic heterocycles. The molecule has 21 heavy (non-hydrogen) atoms. The van der Waals surface area contributed by atoms with Crippen LogP contribution in [0.5, 0.6) is 0 Å². The molecule has 4 nitrogen and oxygen atoms in total. The van der Waals surface area contributed by atoms with Crippen LogP contribution in [-0.2, 0) is 5.41 Å². The van der Waals surface area contributed by atoms with Crippen LogP contribution in [-0.4, -0.2) is 11.6 Å². The van der Waals surface area contributed by atoms with Crippen LogP contribution in [0.1, 0.15) is 26.3 Å². The predicted octanol–water partition coefficient (Wildman–Crippen LogP) is 4.89. The van der Waals surface area contributed by atoms with Crippen molar-refractivity contribution >= 4 is 18.1 Å². The first-order valence-electron chi connectivity index (χ1n) is 6.69. The average molecular weight is 282 g/mol. The van der Waals surface area contributed by atoms with Gasteiger partial charge in [-0.05, 0) is 47.5 Å². The van der Waals surface area contributed by atoms with Gasteiger partial charge in [-0.15, -0.1) is 0 Å². The predicted molar refractivity (Wildman–Crippen MR) is 86.4 cm³/mol. The monoisotopic (exact) mass is 282 g/mol. The third-order valence-corrected chi connectivity index (χ3v) is 3.42. The molecule has 0 aliphatic heterocycles. The minimum absolute atomic E-state index is 0.0230. The van der Waals surface area contributed by atoms with E-state index in [2.05, 4.69) is 38.5 Å². The molecule has 0 aliphatic carbocycles. The molecular formula is C17H18N2O2. The molecular weight excluding hydrogens is 264 g/mol. The Balaban J connectivity index is 2.55. The lowest BCUT2D eigenvalue weighted by atomic mass is 9.85. The summed E-state index contributed by atoms with van der Waals surface area (Å²) in [6.07, 6.45) is 0. The Morgan fingerprint density at radius 2 is 1.71 bits per heavy atom. The largest absolute Gasteiger partial charge is 0.269 e. The first kappa shape index (κ1) is 14.9. The van der Waals surface area contributed by atoms with E-state index in [1.54, 1.807) is 12.1 Å². The molecule has 0 amide bonds. The van der Waals surface area contributed by atoms with E-state index in [1.165, 1.54) is 17.7 Å². The van der Waals surface area contributed by atoms with Crippen molar-refractivity contribution in [1.82, 2.24) is 0 Å². The number of benzene rings is 2. The van der Waals surface area contributed by atoms with Crippen molar-refractivity contribution in [2.75, 3.05) is 0 Å². The molecule has 0 radical (unpaired) electrons. The summed E-state index contributed by atoms with van der Waals surface area (Å²) in [7, 11) is 0. The van der Waals surface area contributed by atoms with Gasteiger partial charge in [0.2, 0.25) is 0 Å². The van der Waals surface area contributed by atoms with Crippen molar-refractivity contribution in [3.05, 3.63) is 58.1 Å². The topological polar surface area (TPSA) is 55.5 Å². The number of nitrogens with zero attached hydrogens (tertiary/aromatic N) is 2. The van der Waals surface area contributed by atoms with Gasteiger partial charge in [0.05, 0.1) is 10.6 Å². The van der Waals surface area contributed by atoms with E-state index in [4.69, 9.17) is 0 Å². The van der Waals surface area contributed by atoms with Gasteiger partial charge in [-0.25, -0.2) is 0 Å². The van der Waals surface area contributed by atoms with Crippen molar-refractivity contribution < 1.29 is 4.92 Å². The van der Waals surface area contributed by atoms with Crippen LogP contribution < -0.4 is 0 Å². The minimum atomic E-state index is -0.401. The molecule has 0 N–H and O–H groups in total. The van der Waals surface area contributed by atoms with Gasteiger partial charge in [-0.2, -0.15) is 0 Å².